The van der Waals surface area contributed by atoms with Crippen LogP contribution in [0.25, 0.3) is 10.9 Å². The molecule has 0 aliphatic heterocycles. The van der Waals surface area contributed by atoms with Crippen molar-refractivity contribution >= 4 is 28.4 Å². The van der Waals surface area contributed by atoms with E-state index < -0.39 is 0 Å². The van der Waals surface area contributed by atoms with Gasteiger partial charge in [0.2, 0.25) is 0 Å². The lowest BCUT2D eigenvalue weighted by atomic mass is 10.2. The standard InChI is InChI=1S/C14H15ClN2O2/c1-17(7-8-19-2)14(18)13-9-11(15)10-5-3-4-6-12(10)16-13/h3-6,9H,7-8H2,1-2H3. The van der Waals surface area contributed by atoms with Crippen molar-refractivity contribution in [3.05, 3.63) is 41.0 Å². The second-order valence-electron chi connectivity index (χ2n) is 4.23. The maximum Gasteiger partial charge on any atom is 0.272 e. The molecule has 0 atom stereocenters. The number of aromatic nitrogens is 1. The number of nitrogens with zero attached hydrogens (tertiary/aromatic N) is 2. The van der Waals surface area contributed by atoms with E-state index in [2.05, 4.69) is 4.98 Å². The molecule has 2 aromatic rings. The molecule has 0 unspecified atom stereocenters. The Labute approximate surface area is 116 Å². The van der Waals surface area contributed by atoms with E-state index in [9.17, 15) is 4.79 Å². The summed E-state index contributed by atoms with van der Waals surface area (Å²) in [4.78, 5) is 18.1. The number of methoxy groups -OCH3 is 1. The van der Waals surface area contributed by atoms with Crippen LogP contribution in [0.4, 0.5) is 0 Å². The molecule has 100 valence electrons. The lowest BCUT2D eigenvalue weighted by Crippen LogP contribution is -2.30. The highest BCUT2D eigenvalue weighted by Crippen LogP contribution is 2.23. The van der Waals surface area contributed by atoms with Gasteiger partial charge in [-0.1, -0.05) is 29.8 Å². The number of carbonyl (C=O) groups excluding carboxylic acids is 1. The first-order valence-electron chi connectivity index (χ1n) is 5.93. The van der Waals surface area contributed by atoms with E-state index >= 15 is 0 Å². The number of carbonyl (C=O) groups is 1. The number of ether oxygens (including phenoxy) is 1. The number of halogens is 1. The van der Waals surface area contributed by atoms with Gasteiger partial charge < -0.3 is 9.64 Å². The summed E-state index contributed by atoms with van der Waals surface area (Å²) >= 11 is 6.18. The van der Waals surface area contributed by atoms with Gasteiger partial charge in [0.1, 0.15) is 5.69 Å². The summed E-state index contributed by atoms with van der Waals surface area (Å²) in [5.74, 6) is -0.162. The number of fused-ring (bicyclic) bond motifs is 1. The highest BCUT2D eigenvalue weighted by atomic mass is 35.5. The molecule has 0 N–H and O–H groups in total. The lowest BCUT2D eigenvalue weighted by Gasteiger charge is -2.16. The van der Waals surface area contributed by atoms with E-state index in [1.54, 1.807) is 25.1 Å². The Bertz CT molecular complexity index is 601. The van der Waals surface area contributed by atoms with Crippen LogP contribution in [0, 0.1) is 0 Å². The Morgan fingerprint density at radius 1 is 1.42 bits per heavy atom. The van der Waals surface area contributed by atoms with Crippen LogP contribution < -0.4 is 0 Å². The minimum Gasteiger partial charge on any atom is -0.383 e. The Kier molecular flexibility index (Phi) is 4.35. The van der Waals surface area contributed by atoms with Crippen LogP contribution >= 0.6 is 11.6 Å². The predicted octanol–water partition coefficient (Wildman–Crippen LogP) is 2.61. The van der Waals surface area contributed by atoms with Crippen LogP contribution in [0.15, 0.2) is 30.3 Å². The molecule has 1 aromatic carbocycles. The smallest absolute Gasteiger partial charge is 0.272 e. The van der Waals surface area contributed by atoms with Gasteiger partial charge in [-0.05, 0) is 12.1 Å². The van der Waals surface area contributed by atoms with Crippen molar-refractivity contribution < 1.29 is 9.53 Å². The van der Waals surface area contributed by atoms with Gasteiger partial charge in [0, 0.05) is 26.1 Å². The molecule has 1 heterocycles. The number of pyridine rings is 1. The molecule has 2 rings (SSSR count). The highest BCUT2D eigenvalue weighted by molar-refractivity contribution is 6.35. The van der Waals surface area contributed by atoms with E-state index in [0.717, 1.165) is 10.9 Å². The summed E-state index contributed by atoms with van der Waals surface area (Å²) in [6.45, 7) is 1.00. The Balaban J connectivity index is 2.32. The molecule has 0 spiro atoms. The number of likely N-dealkylation sites (N-methyl/N-ethyl adjacent to an activating group) is 1. The van der Waals surface area contributed by atoms with Crippen LogP contribution in [-0.2, 0) is 4.74 Å². The van der Waals surface area contributed by atoms with Gasteiger partial charge >= 0.3 is 0 Å². The van der Waals surface area contributed by atoms with Gasteiger partial charge in [0.05, 0.1) is 17.1 Å². The molecule has 1 amide bonds. The zero-order valence-corrected chi connectivity index (χ0v) is 11.6. The van der Waals surface area contributed by atoms with Gasteiger partial charge in [-0.2, -0.15) is 0 Å². The van der Waals surface area contributed by atoms with Crippen molar-refractivity contribution in [2.45, 2.75) is 0 Å². The average molecular weight is 279 g/mol. The van der Waals surface area contributed by atoms with Gasteiger partial charge in [-0.15, -0.1) is 0 Å². The summed E-state index contributed by atoms with van der Waals surface area (Å²) in [6, 6.07) is 9.09. The van der Waals surface area contributed by atoms with Gasteiger partial charge in [-0.25, -0.2) is 4.98 Å². The minimum atomic E-state index is -0.162. The number of para-hydroxylation sites is 1. The molecule has 0 saturated carbocycles. The zero-order chi connectivity index (χ0) is 13.8. The van der Waals surface area contributed by atoms with Crippen molar-refractivity contribution in [1.29, 1.82) is 0 Å². The molecule has 4 nitrogen and oxygen atoms in total. The number of benzene rings is 1. The van der Waals surface area contributed by atoms with Gasteiger partial charge in [0.15, 0.2) is 0 Å². The van der Waals surface area contributed by atoms with Crippen molar-refractivity contribution in [3.8, 4) is 0 Å². The summed E-state index contributed by atoms with van der Waals surface area (Å²) in [5.41, 5.74) is 1.07. The minimum absolute atomic E-state index is 0.162. The molecular formula is C14H15ClN2O2. The SMILES string of the molecule is COCCN(C)C(=O)c1cc(Cl)c2ccccc2n1. The monoisotopic (exact) mass is 278 g/mol. The summed E-state index contributed by atoms with van der Waals surface area (Å²) in [5, 5.41) is 1.38. The fraction of sp³-hybridized carbons (Fsp3) is 0.286. The number of rotatable bonds is 4. The predicted molar refractivity (Wildman–Crippen MR) is 75.6 cm³/mol. The van der Waals surface area contributed by atoms with Crippen molar-refractivity contribution in [2.75, 3.05) is 27.3 Å². The van der Waals surface area contributed by atoms with Crippen LogP contribution in [0.1, 0.15) is 10.5 Å². The molecule has 0 aliphatic carbocycles. The molecule has 5 heteroatoms. The van der Waals surface area contributed by atoms with Crippen LogP contribution in [0.2, 0.25) is 5.02 Å². The quantitative estimate of drug-likeness (QED) is 0.863. The molecular weight excluding hydrogens is 264 g/mol. The molecule has 1 aromatic heterocycles. The second kappa shape index (κ2) is 5.99. The number of hydrogen-bond acceptors (Lipinski definition) is 3. The number of amides is 1. The Morgan fingerprint density at radius 2 is 2.16 bits per heavy atom. The zero-order valence-electron chi connectivity index (χ0n) is 10.9. The van der Waals surface area contributed by atoms with Crippen LogP contribution in [-0.4, -0.2) is 43.1 Å². The largest absolute Gasteiger partial charge is 0.383 e. The highest BCUT2D eigenvalue weighted by Gasteiger charge is 2.15. The van der Waals surface area contributed by atoms with E-state index in [1.165, 1.54) is 0 Å². The molecule has 0 radical (unpaired) electrons. The number of hydrogen-bond donors (Lipinski definition) is 0. The van der Waals surface area contributed by atoms with Crippen molar-refractivity contribution in [1.82, 2.24) is 9.88 Å². The van der Waals surface area contributed by atoms with E-state index in [-0.39, 0.29) is 5.91 Å². The Hall–Kier alpha value is -1.65. The van der Waals surface area contributed by atoms with Crippen molar-refractivity contribution in [2.24, 2.45) is 0 Å². The fourth-order valence-electron chi connectivity index (χ4n) is 1.77. The van der Waals surface area contributed by atoms with Gasteiger partial charge in [-0.3, -0.25) is 4.79 Å². The first-order chi connectivity index (χ1) is 9.13. The van der Waals surface area contributed by atoms with E-state index in [1.807, 2.05) is 24.3 Å². The first kappa shape index (κ1) is 13.8. The summed E-state index contributed by atoms with van der Waals surface area (Å²) in [7, 11) is 3.32. The Morgan fingerprint density at radius 3 is 2.89 bits per heavy atom. The normalized spacial score (nSPS) is 10.7. The molecule has 0 bridgehead atoms. The topological polar surface area (TPSA) is 42.4 Å². The summed E-state index contributed by atoms with van der Waals surface area (Å²) in [6.07, 6.45) is 0. The van der Waals surface area contributed by atoms with E-state index in [0.29, 0.717) is 23.9 Å². The third-order valence-electron chi connectivity index (χ3n) is 2.86. The molecule has 0 saturated heterocycles. The average Bonchev–Trinajstić information content (AvgIpc) is 2.43. The van der Waals surface area contributed by atoms with Gasteiger partial charge in [0.25, 0.3) is 5.91 Å². The molecule has 0 aliphatic rings. The van der Waals surface area contributed by atoms with E-state index in [4.69, 9.17) is 16.3 Å². The maximum absolute atomic E-state index is 12.2. The lowest BCUT2D eigenvalue weighted by molar-refractivity contribution is 0.0739. The van der Waals surface area contributed by atoms with Crippen molar-refractivity contribution in [3.63, 3.8) is 0 Å². The second-order valence-corrected chi connectivity index (χ2v) is 4.63. The molecule has 0 fully saturated rings. The fourth-order valence-corrected chi connectivity index (χ4v) is 2.03. The maximum atomic E-state index is 12.2. The third-order valence-corrected chi connectivity index (χ3v) is 3.18. The van der Waals surface area contributed by atoms with Crippen LogP contribution in [0.5, 0.6) is 0 Å². The van der Waals surface area contributed by atoms with Crippen LogP contribution in [0.3, 0.4) is 0 Å². The summed E-state index contributed by atoms with van der Waals surface area (Å²) < 4.78 is 4.95. The molecule has 19 heavy (non-hydrogen) atoms. The first-order valence-corrected chi connectivity index (χ1v) is 6.31. The third kappa shape index (κ3) is 3.03.